The van der Waals surface area contributed by atoms with Crippen LogP contribution in [0.15, 0.2) is 17.5 Å². The average molecular weight is 340 g/mol. The number of ether oxygens (including phenoxy) is 1. The minimum atomic E-state index is -0.951. The molecule has 0 aliphatic carbocycles. The van der Waals surface area contributed by atoms with Gasteiger partial charge in [-0.2, -0.15) is 0 Å². The van der Waals surface area contributed by atoms with Gasteiger partial charge < -0.3 is 15.6 Å². The number of rotatable bonds is 4. The molecular weight excluding hydrogens is 316 g/mol. The molecule has 7 heteroatoms. The molecule has 3 atom stereocenters. The number of nitrogens with zero attached hydrogens (tertiary/aromatic N) is 1. The summed E-state index contributed by atoms with van der Waals surface area (Å²) in [6, 6.07) is 2.78. The van der Waals surface area contributed by atoms with Gasteiger partial charge in [0.2, 0.25) is 0 Å². The Kier molecular flexibility index (Phi) is 5.44. The highest BCUT2D eigenvalue weighted by molar-refractivity contribution is 7.10. The molecule has 0 spiro atoms. The lowest BCUT2D eigenvalue weighted by molar-refractivity contribution is -0.167. The molecule has 1 saturated heterocycles. The van der Waals surface area contributed by atoms with E-state index in [1.54, 1.807) is 11.0 Å². The molecule has 1 aliphatic heterocycles. The lowest BCUT2D eigenvalue weighted by atomic mass is 9.92. The molecule has 0 aromatic carbocycles. The minimum Gasteiger partial charge on any atom is -0.480 e. The molecular formula is C16H24N2O4S. The third-order valence-corrected chi connectivity index (χ3v) is 4.74. The number of carbonyl (C=O) groups excluding carboxylic acids is 1. The van der Waals surface area contributed by atoms with Crippen LogP contribution < -0.4 is 5.73 Å². The molecule has 0 radical (unpaired) electrons. The van der Waals surface area contributed by atoms with Crippen LogP contribution in [-0.4, -0.2) is 40.3 Å². The lowest BCUT2D eigenvalue weighted by Crippen LogP contribution is -2.56. The normalized spacial score (nSPS) is 24.2. The fraction of sp³-hybridized carbons (Fsp3) is 0.625. The van der Waals surface area contributed by atoms with E-state index in [0.29, 0.717) is 19.4 Å². The van der Waals surface area contributed by atoms with Crippen molar-refractivity contribution in [2.45, 2.75) is 51.4 Å². The van der Waals surface area contributed by atoms with Gasteiger partial charge in [-0.05, 0) is 45.1 Å². The molecule has 1 fully saturated rings. The standard InChI is InChI=1S/C16H24N2O4S/c1-16(2,3)22-15(21)10-6-4-8-18(13(10)17)12(14(19)20)11-7-5-9-23-11/h5,7,9-10,12-13H,4,6,8,17H2,1-3H3,(H,19,20)/t10-,12+,13-/m1/s1. The first kappa shape index (κ1) is 17.9. The van der Waals surface area contributed by atoms with Gasteiger partial charge in [0.15, 0.2) is 0 Å². The van der Waals surface area contributed by atoms with Gasteiger partial charge in [-0.3, -0.25) is 14.5 Å². The molecule has 0 unspecified atom stereocenters. The third-order valence-electron chi connectivity index (χ3n) is 3.81. The smallest absolute Gasteiger partial charge is 0.326 e. The van der Waals surface area contributed by atoms with Crippen molar-refractivity contribution in [3.05, 3.63) is 22.4 Å². The molecule has 1 aliphatic rings. The molecule has 0 saturated carbocycles. The van der Waals surface area contributed by atoms with Gasteiger partial charge in [0, 0.05) is 11.4 Å². The first-order valence-electron chi connectivity index (χ1n) is 7.71. The van der Waals surface area contributed by atoms with Crippen LogP contribution in [0.3, 0.4) is 0 Å². The number of carboxylic acids is 1. The quantitative estimate of drug-likeness (QED) is 0.816. The van der Waals surface area contributed by atoms with E-state index in [9.17, 15) is 14.7 Å². The summed E-state index contributed by atoms with van der Waals surface area (Å²) in [5.74, 6) is -1.82. The van der Waals surface area contributed by atoms with E-state index in [0.717, 1.165) is 4.88 Å². The highest BCUT2D eigenvalue weighted by Crippen LogP contribution is 2.33. The van der Waals surface area contributed by atoms with Gasteiger partial charge in [-0.15, -0.1) is 11.3 Å². The number of hydrogen-bond donors (Lipinski definition) is 2. The maximum atomic E-state index is 12.4. The fourth-order valence-corrected chi connectivity index (χ4v) is 3.69. The van der Waals surface area contributed by atoms with Crippen molar-refractivity contribution < 1.29 is 19.4 Å². The Morgan fingerprint density at radius 1 is 1.48 bits per heavy atom. The number of piperidine rings is 1. The van der Waals surface area contributed by atoms with E-state index in [1.807, 2.05) is 32.2 Å². The number of carboxylic acid groups (broad SMARTS) is 1. The van der Waals surface area contributed by atoms with Crippen LogP contribution >= 0.6 is 11.3 Å². The second-order valence-electron chi connectivity index (χ2n) is 6.77. The first-order valence-corrected chi connectivity index (χ1v) is 8.59. The van der Waals surface area contributed by atoms with Crippen molar-refractivity contribution in [3.8, 4) is 0 Å². The molecule has 23 heavy (non-hydrogen) atoms. The van der Waals surface area contributed by atoms with Crippen molar-refractivity contribution in [1.29, 1.82) is 0 Å². The van der Waals surface area contributed by atoms with E-state index in [2.05, 4.69) is 0 Å². The molecule has 1 aromatic heterocycles. The zero-order valence-electron chi connectivity index (χ0n) is 13.7. The SMILES string of the molecule is CC(C)(C)OC(=O)[C@@H]1CCCN([C@H](C(=O)O)c2cccs2)[C@H]1N. The Hall–Kier alpha value is -1.44. The van der Waals surface area contributed by atoms with Crippen LogP contribution in [0.2, 0.25) is 0 Å². The summed E-state index contributed by atoms with van der Waals surface area (Å²) < 4.78 is 5.44. The summed E-state index contributed by atoms with van der Waals surface area (Å²) in [7, 11) is 0. The van der Waals surface area contributed by atoms with Gasteiger partial charge in [-0.25, -0.2) is 0 Å². The number of thiophene rings is 1. The van der Waals surface area contributed by atoms with Crippen molar-refractivity contribution in [1.82, 2.24) is 4.90 Å². The average Bonchev–Trinajstić information content (AvgIpc) is 2.92. The Labute approximate surface area is 140 Å². The van der Waals surface area contributed by atoms with Gasteiger partial charge >= 0.3 is 11.9 Å². The van der Waals surface area contributed by atoms with Gasteiger partial charge in [0.05, 0.1) is 12.1 Å². The highest BCUT2D eigenvalue weighted by Gasteiger charge is 2.41. The monoisotopic (exact) mass is 340 g/mol. The maximum Gasteiger partial charge on any atom is 0.326 e. The zero-order valence-corrected chi connectivity index (χ0v) is 14.5. The largest absolute Gasteiger partial charge is 0.480 e. The Balaban J connectivity index is 2.19. The molecule has 0 amide bonds. The molecule has 128 valence electrons. The van der Waals surface area contributed by atoms with E-state index in [4.69, 9.17) is 10.5 Å². The topological polar surface area (TPSA) is 92.9 Å². The van der Waals surface area contributed by atoms with E-state index < -0.39 is 29.7 Å². The number of hydrogen-bond acceptors (Lipinski definition) is 6. The van der Waals surface area contributed by atoms with E-state index >= 15 is 0 Å². The van der Waals surface area contributed by atoms with Crippen molar-refractivity contribution in [3.63, 3.8) is 0 Å². The molecule has 0 bridgehead atoms. The first-order chi connectivity index (χ1) is 10.7. The predicted octanol–water partition coefficient (Wildman–Crippen LogP) is 2.21. The summed E-state index contributed by atoms with van der Waals surface area (Å²) in [4.78, 5) is 26.5. The number of esters is 1. The number of aliphatic carboxylic acids is 1. The number of nitrogens with two attached hydrogens (primary N) is 1. The van der Waals surface area contributed by atoms with Crippen LogP contribution in [-0.2, 0) is 14.3 Å². The molecule has 2 rings (SSSR count). The molecule has 1 aromatic rings. The Morgan fingerprint density at radius 3 is 2.70 bits per heavy atom. The zero-order chi connectivity index (χ0) is 17.2. The van der Waals surface area contributed by atoms with Crippen LogP contribution in [0.25, 0.3) is 0 Å². The van der Waals surface area contributed by atoms with Gasteiger partial charge in [0.25, 0.3) is 0 Å². The number of carbonyl (C=O) groups is 2. The van der Waals surface area contributed by atoms with Gasteiger partial charge in [0.1, 0.15) is 11.6 Å². The number of likely N-dealkylation sites (tertiary alicyclic amines) is 1. The van der Waals surface area contributed by atoms with Crippen LogP contribution in [0, 0.1) is 5.92 Å². The second kappa shape index (κ2) is 6.98. The summed E-state index contributed by atoms with van der Waals surface area (Å²) >= 11 is 1.38. The minimum absolute atomic E-state index is 0.356. The van der Waals surface area contributed by atoms with E-state index in [1.165, 1.54) is 11.3 Å². The third kappa shape index (κ3) is 4.31. The highest BCUT2D eigenvalue weighted by atomic mass is 32.1. The molecule has 3 N–H and O–H groups in total. The Bertz CT molecular complexity index is 553. The summed E-state index contributed by atoms with van der Waals surface area (Å²) in [5.41, 5.74) is 5.67. The molecule has 2 heterocycles. The Morgan fingerprint density at radius 2 is 2.17 bits per heavy atom. The second-order valence-corrected chi connectivity index (χ2v) is 7.75. The predicted molar refractivity (Wildman–Crippen MR) is 87.9 cm³/mol. The molecule has 6 nitrogen and oxygen atoms in total. The summed E-state index contributed by atoms with van der Waals surface area (Å²) in [6.45, 7) is 5.98. The van der Waals surface area contributed by atoms with Gasteiger partial charge in [-0.1, -0.05) is 6.07 Å². The summed E-state index contributed by atoms with van der Waals surface area (Å²) in [6.07, 6.45) is 0.664. The van der Waals surface area contributed by atoms with Crippen molar-refractivity contribution >= 4 is 23.3 Å². The van der Waals surface area contributed by atoms with Crippen molar-refractivity contribution in [2.75, 3.05) is 6.54 Å². The fourth-order valence-electron chi connectivity index (χ4n) is 2.85. The van der Waals surface area contributed by atoms with Crippen LogP contribution in [0.5, 0.6) is 0 Å². The maximum absolute atomic E-state index is 12.4. The van der Waals surface area contributed by atoms with E-state index in [-0.39, 0.29) is 5.97 Å². The lowest BCUT2D eigenvalue weighted by Gasteiger charge is -2.41. The van der Waals surface area contributed by atoms with Crippen LogP contribution in [0.1, 0.15) is 44.5 Å². The van der Waals surface area contributed by atoms with Crippen molar-refractivity contribution in [2.24, 2.45) is 11.7 Å². The summed E-state index contributed by atoms with van der Waals surface area (Å²) in [5, 5.41) is 11.5. The van der Waals surface area contributed by atoms with Crippen LogP contribution in [0.4, 0.5) is 0 Å².